The highest BCUT2D eigenvalue weighted by Crippen LogP contribution is 2.32. The summed E-state index contributed by atoms with van der Waals surface area (Å²) in [5.74, 6) is -0.804. The number of H-pyrrole nitrogens is 1. The van der Waals surface area contributed by atoms with Crippen molar-refractivity contribution in [2.75, 3.05) is 0 Å². The van der Waals surface area contributed by atoms with E-state index in [1.165, 1.54) is 4.57 Å². The first-order valence-corrected chi connectivity index (χ1v) is 13.5. The molecule has 0 saturated carbocycles. The fraction of sp³-hybridized carbons (Fsp3) is 0.242. The minimum Gasteiger partial charge on any atom is -0.445 e. The number of amides is 1. The molecule has 0 saturated heterocycles. The fourth-order valence-electron chi connectivity index (χ4n) is 5.00. The average molecular weight is 549 g/mol. The van der Waals surface area contributed by atoms with Crippen LogP contribution in [0.15, 0.2) is 91.3 Å². The van der Waals surface area contributed by atoms with Gasteiger partial charge in [-0.1, -0.05) is 66.7 Å². The molecule has 0 aliphatic carbocycles. The first-order valence-electron chi connectivity index (χ1n) is 13.5. The lowest BCUT2D eigenvalue weighted by Crippen LogP contribution is -2.40. The van der Waals surface area contributed by atoms with Crippen molar-refractivity contribution < 1.29 is 19.1 Å². The summed E-state index contributed by atoms with van der Waals surface area (Å²) in [7, 11) is 0. The number of para-hydroxylation sites is 2. The van der Waals surface area contributed by atoms with Crippen molar-refractivity contribution in [2.45, 2.75) is 51.4 Å². The van der Waals surface area contributed by atoms with E-state index in [0.29, 0.717) is 17.5 Å². The number of alkyl carbamates (subject to hydrolysis) is 1. The number of nitriles is 1. The highest BCUT2D eigenvalue weighted by atomic mass is 16.6. The molecule has 8 heteroatoms. The molecule has 0 unspecified atom stereocenters. The smallest absolute Gasteiger partial charge is 0.419 e. The molecule has 2 N–H and O–H groups in total. The first kappa shape index (κ1) is 27.5. The maximum absolute atomic E-state index is 13.1. The van der Waals surface area contributed by atoms with Gasteiger partial charge in [0.25, 0.3) is 0 Å². The summed E-state index contributed by atoms with van der Waals surface area (Å²) in [6.07, 6.45) is 2.72. The molecule has 2 atom stereocenters. The number of fused-ring (bicyclic) bond motifs is 2. The topological polar surface area (TPSA) is 109 Å². The Hall–Kier alpha value is -5.03. The van der Waals surface area contributed by atoms with Crippen LogP contribution in [0.4, 0.5) is 9.59 Å². The minimum absolute atomic E-state index is 0.0989. The number of hydrogen-bond donors (Lipinski definition) is 2. The van der Waals surface area contributed by atoms with Crippen LogP contribution in [0.1, 0.15) is 43.4 Å². The molecule has 41 heavy (non-hydrogen) atoms. The van der Waals surface area contributed by atoms with Crippen molar-refractivity contribution in [3.05, 3.63) is 108 Å². The maximum Gasteiger partial charge on any atom is 0.419 e. The SMILES string of the molecule is CC(C)(C)OC(=O)n1cc([C@H](C#N)[C@@H](Cc2c[nH]c3ccccc23)NC(=O)OCc2ccccc2)c2ccccc21. The van der Waals surface area contributed by atoms with Gasteiger partial charge in [0.15, 0.2) is 0 Å². The molecule has 5 rings (SSSR count). The molecule has 0 bridgehead atoms. The molecule has 1 amide bonds. The van der Waals surface area contributed by atoms with E-state index in [-0.39, 0.29) is 6.61 Å². The normalized spacial score (nSPS) is 12.9. The summed E-state index contributed by atoms with van der Waals surface area (Å²) in [5.41, 5.74) is 3.30. The van der Waals surface area contributed by atoms with Gasteiger partial charge in [-0.25, -0.2) is 9.59 Å². The summed E-state index contributed by atoms with van der Waals surface area (Å²) in [4.78, 5) is 29.5. The van der Waals surface area contributed by atoms with E-state index in [4.69, 9.17) is 9.47 Å². The van der Waals surface area contributed by atoms with Crippen molar-refractivity contribution in [1.82, 2.24) is 14.9 Å². The zero-order valence-corrected chi connectivity index (χ0v) is 23.3. The average Bonchev–Trinajstić information content (AvgIpc) is 3.54. The Morgan fingerprint density at radius 3 is 2.39 bits per heavy atom. The Bertz CT molecular complexity index is 1720. The summed E-state index contributed by atoms with van der Waals surface area (Å²) in [6.45, 7) is 5.51. The summed E-state index contributed by atoms with van der Waals surface area (Å²) >= 11 is 0. The molecular weight excluding hydrogens is 516 g/mol. The molecule has 0 aliphatic rings. The van der Waals surface area contributed by atoms with Crippen LogP contribution in [-0.2, 0) is 22.5 Å². The van der Waals surface area contributed by atoms with Gasteiger partial charge in [-0.15, -0.1) is 0 Å². The fourth-order valence-corrected chi connectivity index (χ4v) is 5.00. The van der Waals surface area contributed by atoms with Gasteiger partial charge in [0.1, 0.15) is 12.2 Å². The molecule has 8 nitrogen and oxygen atoms in total. The van der Waals surface area contributed by atoms with Crippen molar-refractivity contribution in [1.29, 1.82) is 5.26 Å². The second-order valence-corrected chi connectivity index (χ2v) is 10.9. The zero-order valence-electron chi connectivity index (χ0n) is 23.3. The van der Waals surface area contributed by atoms with E-state index >= 15 is 0 Å². The summed E-state index contributed by atoms with van der Waals surface area (Å²) in [6, 6.07) is 26.4. The van der Waals surface area contributed by atoms with Crippen LogP contribution >= 0.6 is 0 Å². The lowest BCUT2D eigenvalue weighted by Gasteiger charge is -2.23. The lowest BCUT2D eigenvalue weighted by molar-refractivity contribution is 0.0544. The van der Waals surface area contributed by atoms with E-state index in [1.54, 1.807) is 27.0 Å². The third-order valence-electron chi connectivity index (χ3n) is 6.84. The first-order chi connectivity index (χ1) is 19.7. The number of ether oxygens (including phenoxy) is 2. The number of carbonyl (C=O) groups is 2. The number of aromatic nitrogens is 2. The van der Waals surface area contributed by atoms with Gasteiger partial charge in [-0.05, 0) is 56.0 Å². The third-order valence-corrected chi connectivity index (χ3v) is 6.84. The largest absolute Gasteiger partial charge is 0.445 e. The van der Waals surface area contributed by atoms with Crippen LogP contribution in [0.3, 0.4) is 0 Å². The van der Waals surface area contributed by atoms with Gasteiger partial charge in [-0.2, -0.15) is 5.26 Å². The van der Waals surface area contributed by atoms with Crippen LogP contribution in [-0.4, -0.2) is 33.4 Å². The summed E-state index contributed by atoms with van der Waals surface area (Å²) in [5, 5.41) is 15.2. The molecule has 0 radical (unpaired) electrons. The number of rotatable bonds is 7. The van der Waals surface area contributed by atoms with Gasteiger partial charge in [0.2, 0.25) is 0 Å². The quantitative estimate of drug-likeness (QED) is 0.226. The molecular formula is C33H32N4O4. The van der Waals surface area contributed by atoms with E-state index in [0.717, 1.165) is 27.4 Å². The standard InChI is InChI=1S/C33H32N4O4/c1-33(2,3)41-32(39)37-20-27(25-14-8-10-16-30(25)37)26(18-34)29(17-23-19-35-28-15-9-7-13-24(23)28)36-31(38)40-21-22-11-5-4-6-12-22/h4-16,19-20,26,29,35H,17,21H2,1-3H3,(H,36,38)/t26-,29+/m0/s1. The van der Waals surface area contributed by atoms with Crippen LogP contribution in [0, 0.1) is 11.3 Å². The number of nitrogens with one attached hydrogen (secondary N) is 2. The number of nitrogens with zero attached hydrogens (tertiary/aromatic N) is 2. The Morgan fingerprint density at radius 1 is 0.976 bits per heavy atom. The Balaban J connectivity index is 1.51. The Kier molecular flexibility index (Phi) is 7.79. The monoisotopic (exact) mass is 548 g/mol. The minimum atomic E-state index is -0.804. The molecule has 0 aliphatic heterocycles. The number of carbonyl (C=O) groups excluding carboxylic acids is 2. The molecule has 208 valence electrons. The zero-order chi connectivity index (χ0) is 29.0. The van der Waals surface area contributed by atoms with Gasteiger partial charge in [-0.3, -0.25) is 4.57 Å². The van der Waals surface area contributed by atoms with Crippen LogP contribution in [0.2, 0.25) is 0 Å². The Labute approximate surface area is 238 Å². The van der Waals surface area contributed by atoms with Gasteiger partial charge < -0.3 is 19.8 Å². The van der Waals surface area contributed by atoms with E-state index in [9.17, 15) is 14.9 Å². The molecule has 2 aromatic heterocycles. The molecule has 2 heterocycles. The Morgan fingerprint density at radius 2 is 1.66 bits per heavy atom. The molecule has 3 aromatic carbocycles. The van der Waals surface area contributed by atoms with Gasteiger partial charge in [0.05, 0.1) is 23.5 Å². The van der Waals surface area contributed by atoms with Crippen molar-refractivity contribution in [2.24, 2.45) is 0 Å². The number of hydrogen-bond acceptors (Lipinski definition) is 5. The molecule has 0 fully saturated rings. The predicted molar refractivity (Wildman–Crippen MR) is 157 cm³/mol. The summed E-state index contributed by atoms with van der Waals surface area (Å²) < 4.78 is 12.6. The third kappa shape index (κ3) is 6.25. The van der Waals surface area contributed by atoms with E-state index in [1.807, 2.05) is 85.1 Å². The van der Waals surface area contributed by atoms with Crippen molar-refractivity contribution in [3.8, 4) is 6.07 Å². The number of benzene rings is 3. The highest BCUT2D eigenvalue weighted by molar-refractivity contribution is 5.93. The van der Waals surface area contributed by atoms with Crippen molar-refractivity contribution >= 4 is 34.0 Å². The highest BCUT2D eigenvalue weighted by Gasteiger charge is 2.31. The number of aromatic amines is 1. The van der Waals surface area contributed by atoms with E-state index < -0.39 is 29.7 Å². The van der Waals surface area contributed by atoms with Gasteiger partial charge in [0, 0.05) is 28.7 Å². The second kappa shape index (κ2) is 11.6. The van der Waals surface area contributed by atoms with Gasteiger partial charge >= 0.3 is 12.2 Å². The van der Waals surface area contributed by atoms with Crippen molar-refractivity contribution in [3.63, 3.8) is 0 Å². The molecule has 5 aromatic rings. The molecule has 0 spiro atoms. The predicted octanol–water partition coefficient (Wildman–Crippen LogP) is 7.05. The maximum atomic E-state index is 13.1. The van der Waals surface area contributed by atoms with Crippen LogP contribution < -0.4 is 5.32 Å². The second-order valence-electron chi connectivity index (χ2n) is 10.9. The van der Waals surface area contributed by atoms with E-state index in [2.05, 4.69) is 16.4 Å². The van der Waals surface area contributed by atoms with Crippen LogP contribution in [0.5, 0.6) is 0 Å². The van der Waals surface area contributed by atoms with Crippen LogP contribution in [0.25, 0.3) is 21.8 Å². The lowest BCUT2D eigenvalue weighted by atomic mass is 9.88.